The maximum Gasteiger partial charge on any atom is 0.240 e. The Labute approximate surface area is 94.9 Å². The van der Waals surface area contributed by atoms with E-state index in [4.69, 9.17) is 5.73 Å². The first-order valence-electron chi connectivity index (χ1n) is 4.25. The van der Waals surface area contributed by atoms with Crippen LogP contribution in [0.5, 0.6) is 0 Å². The van der Waals surface area contributed by atoms with Gasteiger partial charge in [-0.1, -0.05) is 0 Å². The van der Waals surface area contributed by atoms with Gasteiger partial charge in [0.25, 0.3) is 0 Å². The molecule has 2 aromatic heterocycles. The zero-order valence-corrected chi connectivity index (χ0v) is 9.56. The van der Waals surface area contributed by atoms with E-state index < -0.39 is 0 Å². The Balaban J connectivity index is 2.58. The molecule has 0 aliphatic rings. The Morgan fingerprint density at radius 2 is 2.13 bits per heavy atom. The van der Waals surface area contributed by atoms with E-state index in [9.17, 15) is 0 Å². The van der Waals surface area contributed by atoms with E-state index in [2.05, 4.69) is 36.1 Å². The van der Waals surface area contributed by atoms with Gasteiger partial charge in [-0.25, -0.2) is 4.98 Å². The fourth-order valence-electron chi connectivity index (χ4n) is 1.20. The molecular weight excluding hydrogens is 258 g/mol. The summed E-state index contributed by atoms with van der Waals surface area (Å²) in [5.74, 6) is 0.155. The highest BCUT2D eigenvalue weighted by atomic mass is 79.9. The minimum absolute atomic E-state index is 0.155. The van der Waals surface area contributed by atoms with Crippen LogP contribution in [0, 0.1) is 6.92 Å². The van der Waals surface area contributed by atoms with Crippen molar-refractivity contribution in [3.63, 3.8) is 0 Å². The van der Waals surface area contributed by atoms with Gasteiger partial charge in [0.2, 0.25) is 5.95 Å². The number of rotatable bonds is 1. The van der Waals surface area contributed by atoms with Gasteiger partial charge >= 0.3 is 0 Å². The molecule has 0 aromatic carbocycles. The molecule has 0 aliphatic heterocycles. The van der Waals surface area contributed by atoms with E-state index in [-0.39, 0.29) is 5.95 Å². The Morgan fingerprint density at radius 3 is 2.87 bits per heavy atom. The van der Waals surface area contributed by atoms with Crippen LogP contribution in [-0.4, -0.2) is 20.2 Å². The second-order valence-electron chi connectivity index (χ2n) is 3.00. The molecule has 0 aliphatic carbocycles. The van der Waals surface area contributed by atoms with Gasteiger partial charge < -0.3 is 5.73 Å². The zero-order valence-electron chi connectivity index (χ0n) is 7.98. The molecule has 2 aromatic rings. The highest BCUT2D eigenvalue weighted by Crippen LogP contribution is 2.24. The molecule has 6 heteroatoms. The molecule has 0 fully saturated rings. The summed E-state index contributed by atoms with van der Waals surface area (Å²) in [4.78, 5) is 8.22. The Bertz CT molecular complexity index is 500. The minimum atomic E-state index is 0.155. The Hall–Kier alpha value is -1.56. The first-order chi connectivity index (χ1) is 7.16. The van der Waals surface area contributed by atoms with Crippen molar-refractivity contribution in [3.8, 4) is 11.3 Å². The van der Waals surface area contributed by atoms with Crippen molar-refractivity contribution in [2.45, 2.75) is 6.92 Å². The number of halogens is 1. The smallest absolute Gasteiger partial charge is 0.240 e. The molecule has 0 amide bonds. The number of aromatic nitrogens is 4. The Kier molecular flexibility index (Phi) is 2.59. The topological polar surface area (TPSA) is 77.6 Å². The van der Waals surface area contributed by atoms with Gasteiger partial charge in [0.05, 0.1) is 0 Å². The number of nitrogens with zero attached hydrogens (tertiary/aromatic N) is 4. The van der Waals surface area contributed by atoms with Crippen molar-refractivity contribution in [2.75, 3.05) is 5.73 Å². The summed E-state index contributed by atoms with van der Waals surface area (Å²) in [6.07, 6.45) is 1.72. The molecule has 76 valence electrons. The molecule has 0 saturated heterocycles. The molecule has 0 spiro atoms. The van der Waals surface area contributed by atoms with Crippen LogP contribution in [0.3, 0.4) is 0 Å². The Morgan fingerprint density at radius 1 is 1.33 bits per heavy atom. The quantitative estimate of drug-likeness (QED) is 0.847. The van der Waals surface area contributed by atoms with Crippen LogP contribution in [0.25, 0.3) is 11.3 Å². The number of nitrogens with two attached hydrogens (primary N) is 1. The van der Waals surface area contributed by atoms with E-state index in [0.29, 0.717) is 10.3 Å². The van der Waals surface area contributed by atoms with Crippen LogP contribution < -0.4 is 5.73 Å². The molecule has 0 unspecified atom stereocenters. The van der Waals surface area contributed by atoms with Crippen molar-refractivity contribution in [1.82, 2.24) is 20.2 Å². The van der Waals surface area contributed by atoms with E-state index in [1.54, 1.807) is 6.20 Å². The SMILES string of the molecule is Cc1cc(-c2nc(N)nnc2Br)ccn1. The summed E-state index contributed by atoms with van der Waals surface area (Å²) < 4.78 is 0.572. The van der Waals surface area contributed by atoms with Crippen LogP contribution in [0.1, 0.15) is 5.69 Å². The average Bonchev–Trinajstić information content (AvgIpc) is 2.22. The lowest BCUT2D eigenvalue weighted by molar-refractivity contribution is 0.965. The monoisotopic (exact) mass is 265 g/mol. The van der Waals surface area contributed by atoms with Gasteiger partial charge in [0.15, 0.2) is 4.60 Å². The molecule has 2 rings (SSSR count). The van der Waals surface area contributed by atoms with Crippen LogP contribution in [0.2, 0.25) is 0 Å². The fourth-order valence-corrected chi connectivity index (χ4v) is 1.60. The standard InChI is InChI=1S/C9H8BrN5/c1-5-4-6(2-3-12-5)7-8(10)14-15-9(11)13-7/h2-4H,1H3,(H2,11,13,15). The maximum absolute atomic E-state index is 5.48. The molecule has 0 saturated carbocycles. The predicted molar refractivity (Wildman–Crippen MR) is 59.9 cm³/mol. The number of aryl methyl sites for hydroxylation is 1. The lowest BCUT2D eigenvalue weighted by Gasteiger charge is -2.03. The third-order valence-corrected chi connectivity index (χ3v) is 2.37. The highest BCUT2D eigenvalue weighted by Gasteiger charge is 2.07. The number of nitrogen functional groups attached to an aromatic ring is 1. The number of pyridine rings is 1. The lowest BCUT2D eigenvalue weighted by atomic mass is 10.2. The molecule has 2 N–H and O–H groups in total. The largest absolute Gasteiger partial charge is 0.366 e. The third kappa shape index (κ3) is 2.10. The predicted octanol–water partition coefficient (Wildman–Crippen LogP) is 1.59. The van der Waals surface area contributed by atoms with Crippen molar-refractivity contribution < 1.29 is 0 Å². The second kappa shape index (κ2) is 3.90. The number of hydrogen-bond acceptors (Lipinski definition) is 5. The maximum atomic E-state index is 5.48. The van der Waals surface area contributed by atoms with Gasteiger partial charge in [-0.2, -0.15) is 0 Å². The van der Waals surface area contributed by atoms with E-state index in [1.807, 2.05) is 19.1 Å². The first-order valence-corrected chi connectivity index (χ1v) is 5.05. The van der Waals surface area contributed by atoms with Crippen LogP contribution in [-0.2, 0) is 0 Å². The first kappa shape index (κ1) is 9.97. The number of hydrogen-bond donors (Lipinski definition) is 1. The molecule has 0 radical (unpaired) electrons. The van der Waals surface area contributed by atoms with Crippen molar-refractivity contribution in [3.05, 3.63) is 28.6 Å². The summed E-state index contributed by atoms with van der Waals surface area (Å²) in [5.41, 5.74) is 7.98. The van der Waals surface area contributed by atoms with Crippen LogP contribution >= 0.6 is 15.9 Å². The van der Waals surface area contributed by atoms with Crippen molar-refractivity contribution in [1.29, 1.82) is 0 Å². The van der Waals surface area contributed by atoms with E-state index in [1.165, 1.54) is 0 Å². The average molecular weight is 266 g/mol. The molecule has 0 atom stereocenters. The molecule has 15 heavy (non-hydrogen) atoms. The van der Waals surface area contributed by atoms with Crippen LogP contribution in [0.4, 0.5) is 5.95 Å². The highest BCUT2D eigenvalue weighted by molar-refractivity contribution is 9.10. The van der Waals surface area contributed by atoms with Gasteiger partial charge in [0, 0.05) is 17.5 Å². The van der Waals surface area contributed by atoms with Gasteiger partial charge in [-0.15, -0.1) is 10.2 Å². The molecule has 0 bridgehead atoms. The minimum Gasteiger partial charge on any atom is -0.366 e. The molecule has 2 heterocycles. The summed E-state index contributed by atoms with van der Waals surface area (Å²) in [5, 5.41) is 7.48. The van der Waals surface area contributed by atoms with Gasteiger partial charge in [0.1, 0.15) is 5.69 Å². The second-order valence-corrected chi connectivity index (χ2v) is 3.75. The molecule has 5 nitrogen and oxygen atoms in total. The van der Waals surface area contributed by atoms with Gasteiger partial charge in [-0.3, -0.25) is 4.98 Å². The summed E-state index contributed by atoms with van der Waals surface area (Å²) in [6.45, 7) is 1.91. The fraction of sp³-hybridized carbons (Fsp3) is 0.111. The lowest BCUT2D eigenvalue weighted by Crippen LogP contribution is -2.00. The van der Waals surface area contributed by atoms with E-state index in [0.717, 1.165) is 11.3 Å². The summed E-state index contributed by atoms with van der Waals surface area (Å²) in [7, 11) is 0. The third-order valence-electron chi connectivity index (χ3n) is 1.83. The molecular formula is C9H8BrN5. The van der Waals surface area contributed by atoms with E-state index >= 15 is 0 Å². The van der Waals surface area contributed by atoms with Gasteiger partial charge in [-0.05, 0) is 35.0 Å². The zero-order chi connectivity index (χ0) is 10.8. The van der Waals surface area contributed by atoms with Crippen molar-refractivity contribution in [2.24, 2.45) is 0 Å². The number of anilines is 1. The normalized spacial score (nSPS) is 10.3. The summed E-state index contributed by atoms with van der Waals surface area (Å²) in [6, 6.07) is 3.76. The van der Waals surface area contributed by atoms with Crippen LogP contribution in [0.15, 0.2) is 22.9 Å². The summed E-state index contributed by atoms with van der Waals surface area (Å²) >= 11 is 3.28. The van der Waals surface area contributed by atoms with Crippen molar-refractivity contribution >= 4 is 21.9 Å².